The summed E-state index contributed by atoms with van der Waals surface area (Å²) in [6.07, 6.45) is 6.14. The number of hydrogen-bond acceptors (Lipinski definition) is 4. The first kappa shape index (κ1) is 21.2. The van der Waals surface area contributed by atoms with Crippen LogP contribution in [0.2, 0.25) is 5.02 Å². The summed E-state index contributed by atoms with van der Waals surface area (Å²) in [5.41, 5.74) is 5.91. The van der Waals surface area contributed by atoms with Crippen molar-refractivity contribution in [1.82, 2.24) is 14.8 Å². The SMILES string of the molecule is COc1ccc(-c2nn(-c3ccccc3)cc2/C=C/c2nc(-c3ccc(Cl)cc3)cs2)cc1. The molecular weight excluding hydrogens is 450 g/mol. The van der Waals surface area contributed by atoms with Gasteiger partial charge in [-0.05, 0) is 60.7 Å². The summed E-state index contributed by atoms with van der Waals surface area (Å²) in [4.78, 5) is 4.76. The van der Waals surface area contributed by atoms with Crippen molar-refractivity contribution >= 4 is 35.1 Å². The Morgan fingerprint density at radius 2 is 1.61 bits per heavy atom. The Morgan fingerprint density at radius 1 is 0.879 bits per heavy atom. The van der Waals surface area contributed by atoms with Gasteiger partial charge in [0.1, 0.15) is 10.8 Å². The molecule has 5 rings (SSSR count). The molecule has 4 nitrogen and oxygen atoms in total. The van der Waals surface area contributed by atoms with Gasteiger partial charge in [-0.15, -0.1) is 11.3 Å². The lowest BCUT2D eigenvalue weighted by Crippen LogP contribution is -1.94. The molecule has 0 aliphatic carbocycles. The maximum absolute atomic E-state index is 6.01. The fraction of sp³-hybridized carbons (Fsp3) is 0.0370. The number of para-hydroxylation sites is 1. The zero-order valence-corrected chi connectivity index (χ0v) is 19.4. The Hall–Kier alpha value is -3.67. The second-order valence-corrected chi connectivity index (χ2v) is 8.68. The van der Waals surface area contributed by atoms with Crippen molar-refractivity contribution in [2.75, 3.05) is 7.11 Å². The molecule has 5 aromatic rings. The topological polar surface area (TPSA) is 39.9 Å². The van der Waals surface area contributed by atoms with E-state index in [0.29, 0.717) is 0 Å². The highest BCUT2D eigenvalue weighted by Gasteiger charge is 2.11. The molecule has 0 aliphatic heterocycles. The highest BCUT2D eigenvalue weighted by molar-refractivity contribution is 7.10. The predicted octanol–water partition coefficient (Wildman–Crippen LogP) is 7.50. The molecule has 3 aromatic carbocycles. The first-order valence-corrected chi connectivity index (χ1v) is 11.6. The molecule has 162 valence electrons. The van der Waals surface area contributed by atoms with Gasteiger partial charge in [-0.1, -0.05) is 41.9 Å². The van der Waals surface area contributed by atoms with Gasteiger partial charge in [0.2, 0.25) is 0 Å². The number of nitrogens with zero attached hydrogens (tertiary/aromatic N) is 3. The first-order chi connectivity index (χ1) is 16.2. The van der Waals surface area contributed by atoms with Gasteiger partial charge < -0.3 is 4.74 Å². The summed E-state index contributed by atoms with van der Waals surface area (Å²) < 4.78 is 7.21. The highest BCUT2D eigenvalue weighted by atomic mass is 35.5. The number of methoxy groups -OCH3 is 1. The van der Waals surface area contributed by atoms with Crippen LogP contribution in [0.3, 0.4) is 0 Å². The zero-order valence-electron chi connectivity index (χ0n) is 17.9. The van der Waals surface area contributed by atoms with Gasteiger partial charge >= 0.3 is 0 Å². The monoisotopic (exact) mass is 469 g/mol. The molecular formula is C27H20ClN3OS. The molecule has 33 heavy (non-hydrogen) atoms. The lowest BCUT2D eigenvalue weighted by molar-refractivity contribution is 0.415. The van der Waals surface area contributed by atoms with Crippen molar-refractivity contribution in [2.45, 2.75) is 0 Å². The molecule has 0 amide bonds. The van der Waals surface area contributed by atoms with E-state index in [2.05, 4.69) is 11.5 Å². The minimum absolute atomic E-state index is 0.718. The molecule has 0 fully saturated rings. The van der Waals surface area contributed by atoms with Gasteiger partial charge in [0.05, 0.1) is 24.2 Å². The van der Waals surface area contributed by atoms with E-state index in [1.165, 1.54) is 0 Å². The normalized spacial score (nSPS) is 11.2. The van der Waals surface area contributed by atoms with Crippen LogP contribution in [0.1, 0.15) is 10.6 Å². The minimum atomic E-state index is 0.718. The van der Waals surface area contributed by atoms with Crippen molar-refractivity contribution in [3.63, 3.8) is 0 Å². The van der Waals surface area contributed by atoms with E-state index >= 15 is 0 Å². The molecule has 2 heterocycles. The number of aromatic nitrogens is 3. The number of thiazole rings is 1. The van der Waals surface area contributed by atoms with Gasteiger partial charge in [0.15, 0.2) is 0 Å². The summed E-state index contributed by atoms with van der Waals surface area (Å²) in [6, 6.07) is 25.8. The second kappa shape index (κ2) is 9.45. The molecule has 0 N–H and O–H groups in total. The molecule has 0 unspecified atom stereocenters. The number of halogens is 1. The van der Waals surface area contributed by atoms with Crippen LogP contribution in [-0.2, 0) is 0 Å². The molecule has 6 heteroatoms. The average Bonchev–Trinajstić information content (AvgIpc) is 3.51. The van der Waals surface area contributed by atoms with Crippen molar-refractivity contribution in [2.24, 2.45) is 0 Å². The number of benzene rings is 3. The zero-order chi connectivity index (χ0) is 22.6. The van der Waals surface area contributed by atoms with Crippen LogP contribution >= 0.6 is 22.9 Å². The highest BCUT2D eigenvalue weighted by Crippen LogP contribution is 2.29. The van der Waals surface area contributed by atoms with E-state index < -0.39 is 0 Å². The maximum Gasteiger partial charge on any atom is 0.118 e. The van der Waals surface area contributed by atoms with E-state index in [9.17, 15) is 0 Å². The first-order valence-electron chi connectivity index (χ1n) is 10.4. The third-order valence-corrected chi connectivity index (χ3v) is 6.26. The van der Waals surface area contributed by atoms with Gasteiger partial charge in [-0.2, -0.15) is 5.10 Å². The molecule has 0 aliphatic rings. The number of ether oxygens (including phenoxy) is 1. The summed E-state index contributed by atoms with van der Waals surface area (Å²) in [5.74, 6) is 0.816. The van der Waals surface area contributed by atoms with E-state index in [4.69, 9.17) is 26.4 Å². The van der Waals surface area contributed by atoms with Crippen LogP contribution in [0.5, 0.6) is 5.75 Å². The Labute approximate surface area is 201 Å². The van der Waals surface area contributed by atoms with Crippen LogP contribution in [0, 0.1) is 0 Å². The van der Waals surface area contributed by atoms with E-state index in [1.54, 1.807) is 18.4 Å². The largest absolute Gasteiger partial charge is 0.497 e. The van der Waals surface area contributed by atoms with Crippen molar-refractivity contribution in [3.8, 4) is 34.0 Å². The van der Waals surface area contributed by atoms with Crippen LogP contribution < -0.4 is 4.74 Å². The van der Waals surface area contributed by atoms with Crippen molar-refractivity contribution < 1.29 is 4.74 Å². The van der Waals surface area contributed by atoms with Crippen LogP contribution in [-0.4, -0.2) is 21.9 Å². The third-order valence-electron chi connectivity index (χ3n) is 5.19. The fourth-order valence-electron chi connectivity index (χ4n) is 3.47. The van der Waals surface area contributed by atoms with Crippen LogP contribution in [0.4, 0.5) is 0 Å². The van der Waals surface area contributed by atoms with E-state index in [1.807, 2.05) is 95.8 Å². The molecule has 0 radical (unpaired) electrons. The van der Waals surface area contributed by atoms with Crippen LogP contribution in [0.15, 0.2) is 90.4 Å². The molecule has 0 saturated carbocycles. The van der Waals surface area contributed by atoms with Gasteiger partial charge in [-0.25, -0.2) is 9.67 Å². The fourth-order valence-corrected chi connectivity index (χ4v) is 4.32. The third kappa shape index (κ3) is 4.75. The van der Waals surface area contributed by atoms with Crippen molar-refractivity contribution in [3.05, 3.63) is 106 Å². The lowest BCUT2D eigenvalue weighted by atomic mass is 10.1. The Morgan fingerprint density at radius 3 is 2.33 bits per heavy atom. The van der Waals surface area contributed by atoms with Gasteiger partial charge in [0.25, 0.3) is 0 Å². The lowest BCUT2D eigenvalue weighted by Gasteiger charge is -2.02. The predicted molar refractivity (Wildman–Crippen MR) is 137 cm³/mol. The molecule has 0 bridgehead atoms. The van der Waals surface area contributed by atoms with Gasteiger partial charge in [-0.3, -0.25) is 0 Å². The summed E-state index contributed by atoms with van der Waals surface area (Å²) in [5, 5.41) is 8.57. The minimum Gasteiger partial charge on any atom is -0.497 e. The average molecular weight is 470 g/mol. The summed E-state index contributed by atoms with van der Waals surface area (Å²) >= 11 is 7.61. The maximum atomic E-state index is 6.01. The summed E-state index contributed by atoms with van der Waals surface area (Å²) in [6.45, 7) is 0. The Bertz CT molecular complexity index is 1390. The Balaban J connectivity index is 1.49. The second-order valence-electron chi connectivity index (χ2n) is 7.35. The smallest absolute Gasteiger partial charge is 0.118 e. The molecule has 0 atom stereocenters. The van der Waals surface area contributed by atoms with E-state index in [-0.39, 0.29) is 0 Å². The van der Waals surface area contributed by atoms with Crippen LogP contribution in [0.25, 0.3) is 40.4 Å². The molecule has 2 aromatic heterocycles. The number of hydrogen-bond donors (Lipinski definition) is 0. The Kier molecular flexibility index (Phi) is 6.07. The summed E-state index contributed by atoms with van der Waals surface area (Å²) in [7, 11) is 1.67. The van der Waals surface area contributed by atoms with E-state index in [0.717, 1.165) is 49.5 Å². The molecule has 0 saturated heterocycles. The van der Waals surface area contributed by atoms with Crippen molar-refractivity contribution in [1.29, 1.82) is 0 Å². The quantitative estimate of drug-likeness (QED) is 0.258. The molecule has 0 spiro atoms. The standard InChI is InChI=1S/C27H20ClN3OS/c1-32-24-14-9-20(10-15-24)27-21(17-31(30-27)23-5-3-2-4-6-23)11-16-26-29-25(18-33-26)19-7-12-22(28)13-8-19/h2-18H,1H3/b16-11+. The number of rotatable bonds is 6. The van der Waals surface area contributed by atoms with Gasteiger partial charge in [0, 0.05) is 33.3 Å².